The predicted octanol–water partition coefficient (Wildman–Crippen LogP) is 2.87. The lowest BCUT2D eigenvalue weighted by Gasteiger charge is -2.08. The van der Waals surface area contributed by atoms with E-state index in [1.807, 2.05) is 30.3 Å². The van der Waals surface area contributed by atoms with E-state index in [2.05, 4.69) is 15.5 Å². The van der Waals surface area contributed by atoms with E-state index in [1.54, 1.807) is 32.4 Å². The molecule has 3 aromatic rings. The molecule has 9 heteroatoms. The number of nitrogens with zero attached hydrogens (tertiary/aromatic N) is 2. The number of amides is 1. The minimum absolute atomic E-state index is 0.0709. The molecule has 2 aromatic carbocycles. The Morgan fingerprint density at radius 2 is 1.70 bits per heavy atom. The molecule has 1 amide bonds. The number of hydrogen-bond donors (Lipinski definition) is 1. The number of methoxy groups -OCH3 is 2. The number of rotatable bonds is 9. The van der Waals surface area contributed by atoms with Crippen LogP contribution in [0.25, 0.3) is 11.5 Å². The van der Waals surface area contributed by atoms with Crippen molar-refractivity contribution in [3.05, 3.63) is 54.1 Å². The summed E-state index contributed by atoms with van der Waals surface area (Å²) in [5.74, 6) is 0.451. The van der Waals surface area contributed by atoms with Crippen molar-refractivity contribution < 1.29 is 28.2 Å². The maximum atomic E-state index is 12.0. The predicted molar refractivity (Wildman–Crippen MR) is 107 cm³/mol. The zero-order valence-corrected chi connectivity index (χ0v) is 16.6. The van der Waals surface area contributed by atoms with Crippen molar-refractivity contribution in [1.29, 1.82) is 0 Å². The Kier molecular flexibility index (Phi) is 6.99. The molecule has 1 aromatic heterocycles. The molecule has 30 heavy (non-hydrogen) atoms. The summed E-state index contributed by atoms with van der Waals surface area (Å²) in [6, 6.07) is 14.4. The lowest BCUT2D eigenvalue weighted by Crippen LogP contribution is -2.21. The van der Waals surface area contributed by atoms with Gasteiger partial charge in [-0.15, -0.1) is 5.10 Å². The topological polar surface area (TPSA) is 113 Å². The van der Waals surface area contributed by atoms with Crippen LogP contribution in [0.1, 0.15) is 12.0 Å². The molecular weight excluding hydrogens is 390 g/mol. The highest BCUT2D eigenvalue weighted by Gasteiger charge is 2.13. The first-order valence-corrected chi connectivity index (χ1v) is 9.13. The van der Waals surface area contributed by atoms with Gasteiger partial charge in [0.05, 0.1) is 14.2 Å². The third-order valence-electron chi connectivity index (χ3n) is 4.09. The number of aromatic nitrogens is 2. The number of hydrogen-bond acceptors (Lipinski definition) is 8. The highest BCUT2D eigenvalue weighted by molar-refractivity contribution is 5.91. The minimum atomic E-state index is -0.574. The zero-order valence-electron chi connectivity index (χ0n) is 16.6. The number of benzene rings is 2. The largest absolute Gasteiger partial charge is 0.497 e. The van der Waals surface area contributed by atoms with Crippen LogP contribution in [-0.4, -0.2) is 42.9 Å². The van der Waals surface area contributed by atoms with Crippen LogP contribution in [0.5, 0.6) is 11.5 Å². The van der Waals surface area contributed by atoms with Gasteiger partial charge in [0.2, 0.25) is 5.89 Å². The molecule has 1 N–H and O–H groups in total. The lowest BCUT2D eigenvalue weighted by molar-refractivity contribution is -0.147. The average Bonchev–Trinajstić information content (AvgIpc) is 3.25. The molecule has 0 spiro atoms. The van der Waals surface area contributed by atoms with Crippen LogP contribution in [0.3, 0.4) is 0 Å². The molecule has 0 aliphatic heterocycles. The summed E-state index contributed by atoms with van der Waals surface area (Å²) in [5, 5.41) is 10.0. The SMILES string of the molecule is COc1cc(CCC(=O)OCC(=O)Nc2nnc(-c3ccccc3)o2)cc(OC)c1. The molecule has 0 bridgehead atoms. The smallest absolute Gasteiger partial charge is 0.322 e. The van der Waals surface area contributed by atoms with Crippen LogP contribution in [0.4, 0.5) is 6.01 Å². The molecule has 156 valence electrons. The third kappa shape index (κ3) is 5.81. The molecule has 0 unspecified atom stereocenters. The van der Waals surface area contributed by atoms with Crippen molar-refractivity contribution >= 4 is 17.9 Å². The fraction of sp³-hybridized carbons (Fsp3) is 0.238. The van der Waals surface area contributed by atoms with Gasteiger partial charge in [-0.25, -0.2) is 0 Å². The summed E-state index contributed by atoms with van der Waals surface area (Å²) >= 11 is 0. The second-order valence-corrected chi connectivity index (χ2v) is 6.21. The first-order chi connectivity index (χ1) is 14.6. The number of carbonyl (C=O) groups excluding carboxylic acids is 2. The Balaban J connectivity index is 1.45. The summed E-state index contributed by atoms with van der Waals surface area (Å²) in [4.78, 5) is 23.9. The number of carbonyl (C=O) groups is 2. The number of anilines is 1. The molecule has 0 saturated carbocycles. The summed E-state index contributed by atoms with van der Waals surface area (Å²) in [6.45, 7) is -0.455. The van der Waals surface area contributed by atoms with Crippen LogP contribution < -0.4 is 14.8 Å². The molecular formula is C21H21N3O6. The Morgan fingerprint density at radius 1 is 1.00 bits per heavy atom. The molecule has 0 aliphatic rings. The zero-order chi connectivity index (χ0) is 21.3. The molecule has 0 aliphatic carbocycles. The van der Waals surface area contributed by atoms with Crippen LogP contribution in [0.15, 0.2) is 52.9 Å². The van der Waals surface area contributed by atoms with Crippen molar-refractivity contribution in [3.63, 3.8) is 0 Å². The van der Waals surface area contributed by atoms with Crippen molar-refractivity contribution in [1.82, 2.24) is 10.2 Å². The molecule has 1 heterocycles. The summed E-state index contributed by atoms with van der Waals surface area (Å²) in [7, 11) is 3.11. The van der Waals surface area contributed by atoms with Gasteiger partial charge in [-0.1, -0.05) is 23.3 Å². The van der Waals surface area contributed by atoms with E-state index in [4.69, 9.17) is 18.6 Å². The van der Waals surface area contributed by atoms with Gasteiger partial charge in [-0.3, -0.25) is 14.9 Å². The fourth-order valence-electron chi connectivity index (χ4n) is 2.60. The number of esters is 1. The molecule has 0 radical (unpaired) electrons. The van der Waals surface area contributed by atoms with Crippen LogP contribution in [0, 0.1) is 0 Å². The van der Waals surface area contributed by atoms with Gasteiger partial charge in [-0.05, 0) is 36.2 Å². The standard InChI is InChI=1S/C21H21N3O6/c1-27-16-10-14(11-17(12-16)28-2)8-9-19(26)29-13-18(25)22-21-24-23-20(30-21)15-6-4-3-5-7-15/h3-7,10-12H,8-9,13H2,1-2H3,(H,22,24,25). The highest BCUT2D eigenvalue weighted by atomic mass is 16.5. The maximum absolute atomic E-state index is 12.0. The van der Waals surface area contributed by atoms with E-state index in [-0.39, 0.29) is 18.3 Å². The number of ether oxygens (including phenoxy) is 3. The summed E-state index contributed by atoms with van der Waals surface area (Å²) < 4.78 is 20.8. The van der Waals surface area contributed by atoms with Gasteiger partial charge >= 0.3 is 12.0 Å². The Hall–Kier alpha value is -3.88. The Bertz CT molecular complexity index is 981. The van der Waals surface area contributed by atoms with Gasteiger partial charge in [0, 0.05) is 18.1 Å². The molecule has 0 fully saturated rings. The van der Waals surface area contributed by atoms with E-state index >= 15 is 0 Å². The highest BCUT2D eigenvalue weighted by Crippen LogP contribution is 2.23. The first-order valence-electron chi connectivity index (χ1n) is 9.13. The average molecular weight is 411 g/mol. The van der Waals surface area contributed by atoms with E-state index in [1.165, 1.54) is 0 Å². The quantitative estimate of drug-likeness (QED) is 0.535. The van der Waals surface area contributed by atoms with Crippen LogP contribution in [0.2, 0.25) is 0 Å². The van der Waals surface area contributed by atoms with E-state index in [0.717, 1.165) is 11.1 Å². The second kappa shape index (κ2) is 10.1. The van der Waals surface area contributed by atoms with Gasteiger partial charge in [0.1, 0.15) is 11.5 Å². The van der Waals surface area contributed by atoms with Gasteiger partial charge in [-0.2, -0.15) is 0 Å². The van der Waals surface area contributed by atoms with Crippen molar-refractivity contribution in [2.75, 3.05) is 26.1 Å². The summed E-state index contributed by atoms with van der Waals surface area (Å²) in [6.07, 6.45) is 0.514. The molecule has 0 saturated heterocycles. The normalized spacial score (nSPS) is 10.3. The first kappa shape index (κ1) is 20.8. The summed E-state index contributed by atoms with van der Waals surface area (Å²) in [5.41, 5.74) is 1.58. The number of aryl methyl sites for hydroxylation is 1. The van der Waals surface area contributed by atoms with Crippen LogP contribution >= 0.6 is 0 Å². The molecule has 9 nitrogen and oxygen atoms in total. The molecule has 3 rings (SSSR count). The Morgan fingerprint density at radius 3 is 2.37 bits per heavy atom. The maximum Gasteiger partial charge on any atom is 0.322 e. The van der Waals surface area contributed by atoms with E-state index in [9.17, 15) is 9.59 Å². The second-order valence-electron chi connectivity index (χ2n) is 6.21. The van der Waals surface area contributed by atoms with Gasteiger partial charge < -0.3 is 18.6 Å². The third-order valence-corrected chi connectivity index (χ3v) is 4.09. The van der Waals surface area contributed by atoms with Crippen LogP contribution in [-0.2, 0) is 20.7 Å². The minimum Gasteiger partial charge on any atom is -0.497 e. The Labute approximate surface area is 173 Å². The van der Waals surface area contributed by atoms with Crippen molar-refractivity contribution in [3.8, 4) is 23.0 Å². The van der Waals surface area contributed by atoms with E-state index in [0.29, 0.717) is 17.9 Å². The fourth-order valence-corrected chi connectivity index (χ4v) is 2.60. The van der Waals surface area contributed by atoms with E-state index < -0.39 is 18.5 Å². The number of nitrogens with one attached hydrogen (secondary N) is 1. The van der Waals surface area contributed by atoms with Crippen molar-refractivity contribution in [2.24, 2.45) is 0 Å². The van der Waals surface area contributed by atoms with Crippen molar-refractivity contribution in [2.45, 2.75) is 12.8 Å². The van der Waals surface area contributed by atoms with Gasteiger partial charge in [0.25, 0.3) is 5.91 Å². The molecule has 0 atom stereocenters. The van der Waals surface area contributed by atoms with Gasteiger partial charge in [0.15, 0.2) is 6.61 Å². The lowest BCUT2D eigenvalue weighted by atomic mass is 10.1. The monoisotopic (exact) mass is 411 g/mol.